The van der Waals surface area contributed by atoms with Crippen LogP contribution in [-0.4, -0.2) is 43.6 Å². The smallest absolute Gasteiger partial charge is 0.122 e. The summed E-state index contributed by atoms with van der Waals surface area (Å²) in [6, 6.07) is 6.10. The first-order valence-corrected chi connectivity index (χ1v) is 7.85. The molecule has 2 N–H and O–H groups in total. The predicted molar refractivity (Wildman–Crippen MR) is 83.9 cm³/mol. The first kappa shape index (κ1) is 16.3. The third-order valence-electron chi connectivity index (χ3n) is 3.80. The number of rotatable bonds is 7. The first-order chi connectivity index (χ1) is 10.1. The molecule has 0 radical (unpaired) electrons. The minimum Gasteiger partial charge on any atom is -0.491 e. The van der Waals surface area contributed by atoms with E-state index in [9.17, 15) is 5.11 Å². The average Bonchev–Trinajstić information content (AvgIpc) is 2.49. The maximum atomic E-state index is 9.97. The molecule has 0 spiro atoms. The van der Waals surface area contributed by atoms with E-state index >= 15 is 0 Å². The molecule has 2 rings (SSSR count). The summed E-state index contributed by atoms with van der Waals surface area (Å²) >= 11 is 0. The largest absolute Gasteiger partial charge is 0.491 e. The molecule has 118 valence electrons. The molecule has 0 saturated carbocycles. The van der Waals surface area contributed by atoms with Crippen LogP contribution in [0.5, 0.6) is 5.75 Å². The van der Waals surface area contributed by atoms with Gasteiger partial charge in [0.15, 0.2) is 0 Å². The van der Waals surface area contributed by atoms with Gasteiger partial charge in [0.25, 0.3) is 0 Å². The number of benzene rings is 1. The highest BCUT2D eigenvalue weighted by Gasteiger charge is 2.14. The van der Waals surface area contributed by atoms with Gasteiger partial charge < -0.3 is 19.9 Å². The van der Waals surface area contributed by atoms with Crippen molar-refractivity contribution < 1.29 is 14.6 Å². The molecular weight excluding hydrogens is 266 g/mol. The molecule has 2 unspecified atom stereocenters. The molecule has 0 bridgehead atoms. The quantitative estimate of drug-likeness (QED) is 0.809. The summed E-state index contributed by atoms with van der Waals surface area (Å²) in [5.41, 5.74) is 2.26. The maximum Gasteiger partial charge on any atom is 0.122 e. The molecule has 1 aliphatic rings. The molecule has 1 fully saturated rings. The van der Waals surface area contributed by atoms with Crippen LogP contribution in [0.3, 0.4) is 0 Å². The Bertz CT molecular complexity index is 430. The third-order valence-corrected chi connectivity index (χ3v) is 3.80. The zero-order valence-electron chi connectivity index (χ0n) is 13.1. The number of ether oxygens (including phenoxy) is 2. The second-order valence-corrected chi connectivity index (χ2v) is 5.88. The molecule has 4 nitrogen and oxygen atoms in total. The van der Waals surface area contributed by atoms with Crippen molar-refractivity contribution >= 4 is 0 Å². The van der Waals surface area contributed by atoms with Crippen molar-refractivity contribution in [3.63, 3.8) is 0 Å². The first-order valence-electron chi connectivity index (χ1n) is 7.85. The predicted octanol–water partition coefficient (Wildman–Crippen LogP) is 2.20. The molecule has 0 aromatic heterocycles. The van der Waals surface area contributed by atoms with Crippen molar-refractivity contribution in [2.75, 3.05) is 26.3 Å². The van der Waals surface area contributed by atoms with Crippen LogP contribution >= 0.6 is 0 Å². The minimum absolute atomic E-state index is 0.297. The lowest BCUT2D eigenvalue weighted by molar-refractivity contribution is 0.0141. The molecule has 0 amide bonds. The van der Waals surface area contributed by atoms with Gasteiger partial charge in [-0.1, -0.05) is 12.1 Å². The summed E-state index contributed by atoms with van der Waals surface area (Å²) in [6.07, 6.45) is 3.31. The van der Waals surface area contributed by atoms with Gasteiger partial charge in [-0.15, -0.1) is 0 Å². The molecule has 1 aromatic carbocycles. The fraction of sp³-hybridized carbons (Fsp3) is 0.647. The van der Waals surface area contributed by atoms with Crippen molar-refractivity contribution in [2.24, 2.45) is 0 Å². The lowest BCUT2D eigenvalue weighted by Gasteiger charge is -2.23. The Balaban J connectivity index is 1.65. The standard InChI is InChI=1S/C17H27NO3/c1-13-6-7-14(2)17(9-13)21-12-15(19)10-18-11-16-5-3-4-8-20-16/h6-7,9,15-16,18-19H,3-5,8,10-12H2,1-2H3. The van der Waals surface area contributed by atoms with E-state index in [0.717, 1.165) is 36.4 Å². The summed E-state index contributed by atoms with van der Waals surface area (Å²) in [5, 5.41) is 13.2. The molecule has 21 heavy (non-hydrogen) atoms. The highest BCUT2D eigenvalue weighted by Crippen LogP contribution is 2.19. The summed E-state index contributed by atoms with van der Waals surface area (Å²) in [4.78, 5) is 0. The summed E-state index contributed by atoms with van der Waals surface area (Å²) in [7, 11) is 0. The van der Waals surface area contributed by atoms with Crippen LogP contribution in [0.4, 0.5) is 0 Å². The Morgan fingerprint density at radius 2 is 2.24 bits per heavy atom. The van der Waals surface area contributed by atoms with Crippen molar-refractivity contribution in [1.29, 1.82) is 0 Å². The van der Waals surface area contributed by atoms with Gasteiger partial charge in [0.05, 0.1) is 6.10 Å². The van der Waals surface area contributed by atoms with Gasteiger partial charge in [0.1, 0.15) is 18.5 Å². The molecule has 0 aliphatic carbocycles. The van der Waals surface area contributed by atoms with Gasteiger partial charge in [-0.25, -0.2) is 0 Å². The summed E-state index contributed by atoms with van der Waals surface area (Å²) in [6.45, 7) is 6.56. The van der Waals surface area contributed by atoms with Gasteiger partial charge in [-0.3, -0.25) is 0 Å². The molecule has 1 aliphatic heterocycles. The van der Waals surface area contributed by atoms with Crippen molar-refractivity contribution in [2.45, 2.75) is 45.3 Å². The van der Waals surface area contributed by atoms with Gasteiger partial charge in [0.2, 0.25) is 0 Å². The lowest BCUT2D eigenvalue weighted by atomic mass is 10.1. The number of hydrogen-bond donors (Lipinski definition) is 2. The van der Waals surface area contributed by atoms with Crippen LogP contribution in [-0.2, 0) is 4.74 Å². The van der Waals surface area contributed by atoms with E-state index in [-0.39, 0.29) is 0 Å². The molecule has 1 saturated heterocycles. The zero-order valence-corrected chi connectivity index (χ0v) is 13.1. The number of aliphatic hydroxyl groups is 1. The lowest BCUT2D eigenvalue weighted by Crippen LogP contribution is -2.37. The molecule has 1 aromatic rings. The fourth-order valence-electron chi connectivity index (χ4n) is 2.49. The molecule has 4 heteroatoms. The topological polar surface area (TPSA) is 50.7 Å². The van der Waals surface area contributed by atoms with Crippen LogP contribution in [0.1, 0.15) is 30.4 Å². The van der Waals surface area contributed by atoms with Crippen LogP contribution in [0.2, 0.25) is 0 Å². The minimum atomic E-state index is -0.506. The number of nitrogens with one attached hydrogen (secondary N) is 1. The van der Waals surface area contributed by atoms with Crippen LogP contribution in [0.15, 0.2) is 18.2 Å². The third kappa shape index (κ3) is 5.65. The fourth-order valence-corrected chi connectivity index (χ4v) is 2.49. The van der Waals surface area contributed by atoms with E-state index < -0.39 is 6.10 Å². The van der Waals surface area contributed by atoms with E-state index in [1.54, 1.807) is 0 Å². The van der Waals surface area contributed by atoms with Gasteiger partial charge >= 0.3 is 0 Å². The van der Waals surface area contributed by atoms with E-state index in [4.69, 9.17) is 9.47 Å². The zero-order chi connectivity index (χ0) is 15.1. The van der Waals surface area contributed by atoms with E-state index in [2.05, 4.69) is 11.4 Å². The van der Waals surface area contributed by atoms with Crippen molar-refractivity contribution in [3.8, 4) is 5.75 Å². The number of hydrogen-bond acceptors (Lipinski definition) is 4. The summed E-state index contributed by atoms with van der Waals surface area (Å²) in [5.74, 6) is 0.852. The second kappa shape index (κ2) is 8.37. The van der Waals surface area contributed by atoms with Crippen LogP contribution in [0.25, 0.3) is 0 Å². The van der Waals surface area contributed by atoms with Crippen LogP contribution < -0.4 is 10.1 Å². The van der Waals surface area contributed by atoms with Gasteiger partial charge in [-0.2, -0.15) is 0 Å². The van der Waals surface area contributed by atoms with Gasteiger partial charge in [-0.05, 0) is 50.3 Å². The highest BCUT2D eigenvalue weighted by atomic mass is 16.5. The Labute approximate surface area is 127 Å². The van der Waals surface area contributed by atoms with E-state index in [1.807, 2.05) is 26.0 Å². The van der Waals surface area contributed by atoms with E-state index in [0.29, 0.717) is 19.3 Å². The summed E-state index contributed by atoms with van der Waals surface area (Å²) < 4.78 is 11.3. The molecule has 2 atom stereocenters. The normalized spacial score (nSPS) is 20.2. The maximum absolute atomic E-state index is 9.97. The Morgan fingerprint density at radius 1 is 1.38 bits per heavy atom. The average molecular weight is 293 g/mol. The Kier molecular flexibility index (Phi) is 6.49. The Morgan fingerprint density at radius 3 is 3.00 bits per heavy atom. The molecular formula is C17H27NO3. The van der Waals surface area contributed by atoms with Crippen LogP contribution in [0, 0.1) is 13.8 Å². The SMILES string of the molecule is Cc1ccc(C)c(OCC(O)CNCC2CCCCO2)c1. The number of aryl methyl sites for hydroxylation is 2. The molecule has 1 heterocycles. The van der Waals surface area contributed by atoms with Crippen molar-refractivity contribution in [1.82, 2.24) is 5.32 Å². The Hall–Kier alpha value is -1.10. The highest BCUT2D eigenvalue weighted by molar-refractivity contribution is 5.35. The van der Waals surface area contributed by atoms with Crippen molar-refractivity contribution in [3.05, 3.63) is 29.3 Å². The monoisotopic (exact) mass is 293 g/mol. The van der Waals surface area contributed by atoms with E-state index in [1.165, 1.54) is 12.8 Å². The number of aliphatic hydroxyl groups excluding tert-OH is 1. The van der Waals surface area contributed by atoms with Gasteiger partial charge in [0, 0.05) is 19.7 Å². The second-order valence-electron chi connectivity index (χ2n) is 5.88.